The normalized spacial score (nSPS) is 10.8. The Morgan fingerprint density at radius 1 is 1.09 bits per heavy atom. The Hall–Kier alpha value is -1.94. The number of nitrogens with zero attached hydrogens (tertiary/aromatic N) is 2. The number of halogens is 1. The van der Waals surface area contributed by atoms with Gasteiger partial charge in [-0.15, -0.1) is 0 Å². The van der Waals surface area contributed by atoms with Gasteiger partial charge in [-0.1, -0.05) is 18.2 Å². The van der Waals surface area contributed by atoms with Crippen LogP contribution < -0.4 is 5.32 Å². The van der Waals surface area contributed by atoms with E-state index in [0.717, 1.165) is 40.6 Å². The van der Waals surface area contributed by atoms with Gasteiger partial charge in [-0.25, -0.2) is 0 Å². The molecule has 3 nitrogen and oxygen atoms in total. The molecule has 0 spiro atoms. The summed E-state index contributed by atoms with van der Waals surface area (Å²) in [6.07, 6.45) is 7.81. The third kappa shape index (κ3) is 3.45. The molecule has 3 aromatic rings. The lowest BCUT2D eigenvalue weighted by atomic mass is 10.1. The number of hydrogen-bond donors (Lipinski definition) is 1. The van der Waals surface area contributed by atoms with Crippen molar-refractivity contribution in [1.29, 1.82) is 0 Å². The van der Waals surface area contributed by atoms with Crippen molar-refractivity contribution in [3.8, 4) is 0 Å². The molecule has 0 saturated carbocycles. The minimum atomic E-state index is 0.932. The largest absolute Gasteiger partial charge is 0.384 e. The molecule has 112 valence electrons. The lowest BCUT2D eigenvalue weighted by molar-refractivity contribution is 0.857. The summed E-state index contributed by atoms with van der Waals surface area (Å²) in [6, 6.07) is 10.5. The lowest BCUT2D eigenvalue weighted by Crippen LogP contribution is -2.04. The highest BCUT2D eigenvalue weighted by Gasteiger charge is 2.04. The van der Waals surface area contributed by atoms with Crippen molar-refractivity contribution in [2.75, 3.05) is 11.9 Å². The Labute approximate surface area is 138 Å². The molecule has 1 N–H and O–H groups in total. The second-order valence-corrected chi connectivity index (χ2v) is 6.22. The molecular weight excluding hydrogens is 338 g/mol. The number of pyridine rings is 2. The molecule has 0 unspecified atom stereocenters. The van der Waals surface area contributed by atoms with E-state index < -0.39 is 0 Å². The molecule has 0 saturated heterocycles. The van der Waals surface area contributed by atoms with Gasteiger partial charge in [0.15, 0.2) is 0 Å². The average molecular weight is 356 g/mol. The monoisotopic (exact) mass is 355 g/mol. The molecule has 0 radical (unpaired) electrons. The predicted molar refractivity (Wildman–Crippen MR) is 95.2 cm³/mol. The molecule has 2 heterocycles. The fourth-order valence-corrected chi connectivity index (χ4v) is 3.06. The van der Waals surface area contributed by atoms with E-state index in [1.165, 1.54) is 10.9 Å². The summed E-state index contributed by atoms with van der Waals surface area (Å²) in [5, 5.41) is 5.86. The van der Waals surface area contributed by atoms with Gasteiger partial charge in [-0.05, 0) is 53.4 Å². The Morgan fingerprint density at radius 2 is 2.00 bits per heavy atom. The summed E-state index contributed by atoms with van der Waals surface area (Å²) in [5.74, 6) is 0. The molecule has 22 heavy (non-hydrogen) atoms. The van der Waals surface area contributed by atoms with Crippen LogP contribution in [0.5, 0.6) is 0 Å². The Kier molecular flexibility index (Phi) is 4.68. The van der Waals surface area contributed by atoms with Gasteiger partial charge < -0.3 is 5.32 Å². The molecule has 0 aliphatic heterocycles. The van der Waals surface area contributed by atoms with Crippen LogP contribution in [-0.2, 0) is 6.42 Å². The summed E-state index contributed by atoms with van der Waals surface area (Å²) in [5.41, 5.74) is 3.50. The molecule has 4 heteroatoms. The zero-order valence-corrected chi connectivity index (χ0v) is 14.1. The number of aromatic nitrogens is 2. The maximum atomic E-state index is 4.33. The summed E-state index contributed by atoms with van der Waals surface area (Å²) in [4.78, 5) is 8.55. The van der Waals surface area contributed by atoms with E-state index in [-0.39, 0.29) is 0 Å². The van der Waals surface area contributed by atoms with Gasteiger partial charge in [0.1, 0.15) is 0 Å². The maximum absolute atomic E-state index is 4.33. The minimum absolute atomic E-state index is 0.932. The third-order valence-electron chi connectivity index (χ3n) is 3.67. The highest BCUT2D eigenvalue weighted by molar-refractivity contribution is 9.10. The fraction of sp³-hybridized carbons (Fsp3) is 0.222. The minimum Gasteiger partial charge on any atom is -0.384 e. The van der Waals surface area contributed by atoms with Crippen molar-refractivity contribution in [3.63, 3.8) is 0 Å². The van der Waals surface area contributed by atoms with Crippen molar-refractivity contribution < 1.29 is 0 Å². The SMILES string of the molecule is Cc1ccc(CCCNc2cccc3cncc(Br)c23)cn1. The van der Waals surface area contributed by atoms with Crippen molar-refractivity contribution in [3.05, 3.63) is 64.7 Å². The number of fused-ring (bicyclic) bond motifs is 1. The number of aryl methyl sites for hydroxylation is 2. The van der Waals surface area contributed by atoms with Crippen molar-refractivity contribution in [2.24, 2.45) is 0 Å². The second kappa shape index (κ2) is 6.88. The fourth-order valence-electron chi connectivity index (χ4n) is 2.50. The number of anilines is 1. The topological polar surface area (TPSA) is 37.8 Å². The van der Waals surface area contributed by atoms with E-state index in [0.29, 0.717) is 0 Å². The van der Waals surface area contributed by atoms with Gasteiger partial charge in [0.05, 0.1) is 0 Å². The van der Waals surface area contributed by atoms with E-state index >= 15 is 0 Å². The van der Waals surface area contributed by atoms with E-state index in [4.69, 9.17) is 0 Å². The summed E-state index contributed by atoms with van der Waals surface area (Å²) in [6.45, 7) is 2.94. The van der Waals surface area contributed by atoms with Crippen molar-refractivity contribution in [1.82, 2.24) is 9.97 Å². The Bertz CT molecular complexity index is 764. The predicted octanol–water partition coefficient (Wildman–Crippen LogP) is 4.75. The van der Waals surface area contributed by atoms with Crippen molar-refractivity contribution >= 4 is 32.4 Å². The zero-order valence-electron chi connectivity index (χ0n) is 12.5. The first-order valence-electron chi connectivity index (χ1n) is 7.42. The zero-order chi connectivity index (χ0) is 15.4. The number of nitrogens with one attached hydrogen (secondary N) is 1. The molecule has 0 aliphatic rings. The molecule has 1 aromatic carbocycles. The van der Waals surface area contributed by atoms with Crippen LogP contribution in [0, 0.1) is 6.92 Å². The first kappa shape index (κ1) is 15.0. The first-order chi connectivity index (χ1) is 10.7. The molecular formula is C18H18BrN3. The van der Waals surface area contributed by atoms with Gasteiger partial charge in [-0.2, -0.15) is 0 Å². The van der Waals surface area contributed by atoms with Crippen LogP contribution in [0.15, 0.2) is 53.4 Å². The van der Waals surface area contributed by atoms with Crippen LogP contribution in [-0.4, -0.2) is 16.5 Å². The molecule has 3 rings (SSSR count). The number of rotatable bonds is 5. The first-order valence-corrected chi connectivity index (χ1v) is 8.21. The third-order valence-corrected chi connectivity index (χ3v) is 4.27. The summed E-state index contributed by atoms with van der Waals surface area (Å²) in [7, 11) is 0. The van der Waals surface area contributed by atoms with Crippen molar-refractivity contribution in [2.45, 2.75) is 19.8 Å². The van der Waals surface area contributed by atoms with Gasteiger partial charge in [0.25, 0.3) is 0 Å². The molecule has 0 aliphatic carbocycles. The van der Waals surface area contributed by atoms with E-state index in [1.54, 1.807) is 0 Å². The highest BCUT2D eigenvalue weighted by atomic mass is 79.9. The quantitative estimate of drug-likeness (QED) is 0.671. The van der Waals surface area contributed by atoms with Gasteiger partial charge in [-0.3, -0.25) is 9.97 Å². The highest BCUT2D eigenvalue weighted by Crippen LogP contribution is 2.29. The molecule has 0 bridgehead atoms. The van der Waals surface area contributed by atoms with Crippen LogP contribution in [0.1, 0.15) is 17.7 Å². The van der Waals surface area contributed by atoms with Crippen LogP contribution in [0.25, 0.3) is 10.8 Å². The smallest absolute Gasteiger partial charge is 0.0457 e. The second-order valence-electron chi connectivity index (χ2n) is 5.36. The molecule has 0 fully saturated rings. The van der Waals surface area contributed by atoms with E-state index in [9.17, 15) is 0 Å². The molecule has 0 atom stereocenters. The molecule has 0 amide bonds. The van der Waals surface area contributed by atoms with Crippen LogP contribution in [0.4, 0.5) is 5.69 Å². The maximum Gasteiger partial charge on any atom is 0.0457 e. The van der Waals surface area contributed by atoms with Crippen LogP contribution >= 0.6 is 15.9 Å². The summed E-state index contributed by atoms with van der Waals surface area (Å²) < 4.78 is 1.02. The Morgan fingerprint density at radius 3 is 2.82 bits per heavy atom. The number of hydrogen-bond acceptors (Lipinski definition) is 3. The number of benzene rings is 1. The molecule has 2 aromatic heterocycles. The lowest BCUT2D eigenvalue weighted by Gasteiger charge is -2.11. The summed E-state index contributed by atoms with van der Waals surface area (Å²) >= 11 is 3.59. The standard InChI is InChI=1S/C18H18BrN3/c1-13-7-8-14(10-22-13)4-3-9-21-17-6-2-5-15-11-20-12-16(19)18(15)17/h2,5-8,10-12,21H,3-4,9H2,1H3. The van der Waals surface area contributed by atoms with Crippen LogP contribution in [0.2, 0.25) is 0 Å². The van der Waals surface area contributed by atoms with Gasteiger partial charge in [0, 0.05) is 51.8 Å². The van der Waals surface area contributed by atoms with E-state index in [2.05, 4.69) is 61.5 Å². The van der Waals surface area contributed by atoms with Gasteiger partial charge >= 0.3 is 0 Å². The average Bonchev–Trinajstić information content (AvgIpc) is 2.53. The van der Waals surface area contributed by atoms with Gasteiger partial charge in [0.2, 0.25) is 0 Å². The van der Waals surface area contributed by atoms with E-state index in [1.807, 2.05) is 25.5 Å². The van der Waals surface area contributed by atoms with Crippen LogP contribution in [0.3, 0.4) is 0 Å². The Balaban J connectivity index is 1.63.